The summed E-state index contributed by atoms with van der Waals surface area (Å²) in [4.78, 5) is 17.1. The zero-order valence-corrected chi connectivity index (χ0v) is 15.2. The van der Waals surface area contributed by atoms with E-state index >= 15 is 0 Å². The van der Waals surface area contributed by atoms with Crippen LogP contribution in [0, 0.1) is 0 Å². The van der Waals surface area contributed by atoms with Crippen LogP contribution < -0.4 is 0 Å². The Morgan fingerprint density at radius 1 is 1.12 bits per heavy atom. The first kappa shape index (κ1) is 15.5. The molecule has 0 bridgehead atoms. The van der Waals surface area contributed by atoms with Gasteiger partial charge in [-0.05, 0) is 30.2 Å². The molecule has 4 heterocycles. The van der Waals surface area contributed by atoms with Crippen molar-refractivity contribution in [1.29, 1.82) is 0 Å². The summed E-state index contributed by atoms with van der Waals surface area (Å²) >= 11 is 4.66. The van der Waals surface area contributed by atoms with E-state index in [0.29, 0.717) is 0 Å². The Balaban J connectivity index is 1.72. The van der Waals surface area contributed by atoms with Crippen LogP contribution in [0.4, 0.5) is 0 Å². The zero-order chi connectivity index (χ0) is 16.5. The Morgan fingerprint density at radius 2 is 1.96 bits per heavy atom. The quantitative estimate of drug-likeness (QED) is 0.398. The van der Waals surface area contributed by atoms with Crippen molar-refractivity contribution in [1.82, 2.24) is 34.7 Å². The highest BCUT2D eigenvalue weighted by Gasteiger charge is 2.16. The van der Waals surface area contributed by atoms with E-state index in [4.69, 9.17) is 0 Å². The number of aromatic nitrogens is 7. The van der Waals surface area contributed by atoms with Crippen LogP contribution in [-0.2, 0) is 7.05 Å². The molecular formula is C14H11N7S3. The third-order valence-corrected chi connectivity index (χ3v) is 6.48. The van der Waals surface area contributed by atoms with E-state index in [2.05, 4.69) is 30.1 Å². The van der Waals surface area contributed by atoms with E-state index in [0.717, 1.165) is 36.3 Å². The smallest absolute Gasteiger partial charge is 0.197 e. The van der Waals surface area contributed by atoms with Crippen LogP contribution in [0.2, 0.25) is 0 Å². The van der Waals surface area contributed by atoms with Gasteiger partial charge in [0.2, 0.25) is 0 Å². The lowest BCUT2D eigenvalue weighted by molar-refractivity contribution is 0.792. The first-order valence-corrected chi connectivity index (χ1v) is 9.75. The maximum absolute atomic E-state index is 4.48. The van der Waals surface area contributed by atoms with Crippen LogP contribution in [-0.4, -0.2) is 41.0 Å². The van der Waals surface area contributed by atoms with E-state index in [-0.39, 0.29) is 0 Å². The van der Waals surface area contributed by atoms with Gasteiger partial charge in [0, 0.05) is 25.0 Å². The minimum atomic E-state index is 0.721. The van der Waals surface area contributed by atoms with Gasteiger partial charge in [0.15, 0.2) is 21.0 Å². The lowest BCUT2D eigenvalue weighted by Crippen LogP contribution is -1.95. The molecule has 0 saturated carbocycles. The van der Waals surface area contributed by atoms with Crippen LogP contribution in [0.25, 0.3) is 21.7 Å². The number of thioether (sulfide) groups is 1. The molecule has 0 fully saturated rings. The molecule has 0 N–H and O–H groups in total. The molecule has 0 aromatic carbocycles. The van der Waals surface area contributed by atoms with Gasteiger partial charge in [0.25, 0.3) is 0 Å². The molecular weight excluding hydrogens is 362 g/mol. The Kier molecular flexibility index (Phi) is 4.17. The Labute approximate surface area is 150 Å². The average molecular weight is 373 g/mol. The topological polar surface area (TPSA) is 82.3 Å². The summed E-state index contributed by atoms with van der Waals surface area (Å²) in [5.74, 6) is 0.791. The molecule has 120 valence electrons. The number of fused-ring (bicyclic) bond motifs is 1. The fraction of sp³-hybridized carbons (Fsp3) is 0.143. The van der Waals surface area contributed by atoms with Gasteiger partial charge in [-0.2, -0.15) is 0 Å². The molecule has 0 unspecified atom stereocenters. The minimum absolute atomic E-state index is 0.721. The molecule has 0 aliphatic rings. The molecule has 4 aromatic rings. The van der Waals surface area contributed by atoms with Crippen molar-refractivity contribution < 1.29 is 0 Å². The first-order valence-electron chi connectivity index (χ1n) is 6.89. The lowest BCUT2D eigenvalue weighted by atomic mass is 10.2. The average Bonchev–Trinajstić information content (AvgIpc) is 3.20. The van der Waals surface area contributed by atoms with E-state index in [1.54, 1.807) is 35.5 Å². The summed E-state index contributed by atoms with van der Waals surface area (Å²) in [6.45, 7) is 0. The van der Waals surface area contributed by atoms with Crippen molar-refractivity contribution in [2.24, 2.45) is 7.05 Å². The van der Waals surface area contributed by atoms with Crippen LogP contribution in [0.3, 0.4) is 0 Å². The SMILES string of the molecule is CSc1nc2ncnc(Sc3nnc(-c4ccncc4)n3C)c2s1. The predicted octanol–water partition coefficient (Wildman–Crippen LogP) is 3.15. The number of nitrogens with zero attached hydrogens (tertiary/aromatic N) is 7. The molecule has 0 radical (unpaired) electrons. The first-order chi connectivity index (χ1) is 11.8. The van der Waals surface area contributed by atoms with E-state index in [1.165, 1.54) is 18.1 Å². The van der Waals surface area contributed by atoms with Gasteiger partial charge in [-0.1, -0.05) is 11.8 Å². The molecule has 4 rings (SSSR count). The van der Waals surface area contributed by atoms with Gasteiger partial charge < -0.3 is 4.57 Å². The highest BCUT2D eigenvalue weighted by Crippen LogP contribution is 2.36. The number of pyridine rings is 1. The predicted molar refractivity (Wildman–Crippen MR) is 95.3 cm³/mol. The highest BCUT2D eigenvalue weighted by molar-refractivity contribution is 8.00. The van der Waals surface area contributed by atoms with Crippen molar-refractivity contribution in [3.05, 3.63) is 30.9 Å². The minimum Gasteiger partial charge on any atom is -0.305 e. The summed E-state index contributed by atoms with van der Waals surface area (Å²) in [6.07, 6.45) is 7.02. The number of rotatable bonds is 4. The Hall–Kier alpha value is -2.04. The fourth-order valence-electron chi connectivity index (χ4n) is 2.12. The summed E-state index contributed by atoms with van der Waals surface area (Å²) in [5, 5.41) is 10.2. The molecule has 0 aliphatic carbocycles. The monoisotopic (exact) mass is 373 g/mol. The van der Waals surface area contributed by atoms with Crippen LogP contribution >= 0.6 is 34.9 Å². The normalized spacial score (nSPS) is 11.2. The molecule has 4 aromatic heterocycles. The third-order valence-electron chi connectivity index (χ3n) is 3.27. The summed E-state index contributed by atoms with van der Waals surface area (Å²) < 4.78 is 3.90. The van der Waals surface area contributed by atoms with Crippen molar-refractivity contribution >= 4 is 45.2 Å². The second-order valence-corrected chi connectivity index (χ2v) is 7.73. The van der Waals surface area contributed by atoms with Gasteiger partial charge in [-0.25, -0.2) is 15.0 Å². The molecule has 24 heavy (non-hydrogen) atoms. The largest absolute Gasteiger partial charge is 0.305 e. The van der Waals surface area contributed by atoms with Gasteiger partial charge in [-0.15, -0.1) is 21.5 Å². The molecule has 0 atom stereocenters. The second kappa shape index (κ2) is 6.46. The summed E-state index contributed by atoms with van der Waals surface area (Å²) in [6, 6.07) is 3.82. The maximum atomic E-state index is 4.48. The molecule has 0 spiro atoms. The van der Waals surface area contributed by atoms with Gasteiger partial charge in [0.05, 0.1) is 0 Å². The lowest BCUT2D eigenvalue weighted by Gasteiger charge is -2.03. The zero-order valence-electron chi connectivity index (χ0n) is 12.7. The van der Waals surface area contributed by atoms with Crippen LogP contribution in [0.5, 0.6) is 0 Å². The second-order valence-electron chi connectivity index (χ2n) is 4.72. The van der Waals surface area contributed by atoms with Crippen molar-refractivity contribution in [2.75, 3.05) is 6.26 Å². The van der Waals surface area contributed by atoms with Crippen molar-refractivity contribution in [3.63, 3.8) is 0 Å². The molecule has 0 amide bonds. The summed E-state index contributed by atoms with van der Waals surface area (Å²) in [5.41, 5.74) is 1.69. The van der Waals surface area contributed by atoms with Crippen molar-refractivity contribution in [3.8, 4) is 11.4 Å². The number of thiazole rings is 1. The number of hydrogen-bond donors (Lipinski definition) is 0. The molecule has 10 heteroatoms. The standard InChI is InChI=1S/C14H11N7S3/c1-21-11(8-3-5-15-6-4-8)19-20-13(21)24-12-9-10(16-7-17-12)18-14(22-2)23-9/h3-7H,1-2H3. The van der Waals surface area contributed by atoms with E-state index in [9.17, 15) is 0 Å². The third kappa shape index (κ3) is 2.76. The summed E-state index contributed by atoms with van der Waals surface area (Å²) in [7, 11) is 1.94. The van der Waals surface area contributed by atoms with E-state index < -0.39 is 0 Å². The maximum Gasteiger partial charge on any atom is 0.197 e. The molecule has 7 nitrogen and oxygen atoms in total. The molecule has 0 saturated heterocycles. The number of hydrogen-bond acceptors (Lipinski definition) is 9. The van der Waals surface area contributed by atoms with Gasteiger partial charge in [-0.3, -0.25) is 4.98 Å². The van der Waals surface area contributed by atoms with Crippen molar-refractivity contribution in [2.45, 2.75) is 14.5 Å². The fourth-order valence-corrected chi connectivity index (χ4v) is 4.53. The van der Waals surface area contributed by atoms with E-state index in [1.807, 2.05) is 30.0 Å². The van der Waals surface area contributed by atoms with Crippen LogP contribution in [0.15, 0.2) is 45.4 Å². The van der Waals surface area contributed by atoms with Gasteiger partial charge >= 0.3 is 0 Å². The van der Waals surface area contributed by atoms with Crippen LogP contribution in [0.1, 0.15) is 0 Å². The Bertz CT molecular complexity index is 996. The Morgan fingerprint density at radius 3 is 2.75 bits per heavy atom. The van der Waals surface area contributed by atoms with Gasteiger partial charge in [0.1, 0.15) is 16.1 Å². The highest BCUT2D eigenvalue weighted by atomic mass is 32.2. The molecule has 0 aliphatic heterocycles.